The van der Waals surface area contributed by atoms with Crippen LogP contribution in [-0.4, -0.2) is 19.9 Å². The first-order chi connectivity index (χ1) is 44.3. The summed E-state index contributed by atoms with van der Waals surface area (Å²) in [5, 5.41) is 0. The number of aryl methyl sites for hydroxylation is 1. The molecule has 0 saturated carbocycles. The van der Waals surface area contributed by atoms with Crippen LogP contribution in [0.1, 0.15) is 82.5 Å². The van der Waals surface area contributed by atoms with Gasteiger partial charge < -0.3 is 4.98 Å². The molecule has 0 spiro atoms. The second-order valence-corrected chi connectivity index (χ2v) is 19.3. The van der Waals surface area contributed by atoms with Crippen LogP contribution in [0.4, 0.5) is 0 Å². The molecule has 377 valence electrons. The monoisotopic (exact) mass is 1190 g/mol. The summed E-state index contributed by atoms with van der Waals surface area (Å²) in [4.78, 5) is 20.2. The molecule has 0 amide bonds. The standard InChI is InChI=1S/C72H59N4.Ir/c1-47-36-66(54-34-35-64-65(45-54)71(4,5)72(6,7)70(64,2)3)73-46-63(47)69-75-67(55-32-20-30-52(37-55)61-41-57(48-22-12-8-13-23-48)39-58(42-61)49-24-14-9-15-25-49)74-68(76-69)56-33-21-31-53(38-56)62-43-59(50-26-16-10-17-27-50)40-60(44-62)51-28-18-11-19-29-51;/h8-33,35-46H,1-7H3;/q-1;/i2D3,3D3,4D3,5D3,6D3,7D3;. The predicted octanol–water partition coefficient (Wildman–Crippen LogP) is 18.6. The van der Waals surface area contributed by atoms with Crippen LogP contribution in [0.15, 0.2) is 231 Å². The van der Waals surface area contributed by atoms with E-state index in [1.165, 1.54) is 12.3 Å². The van der Waals surface area contributed by atoms with Crippen molar-refractivity contribution in [3.05, 3.63) is 253 Å². The Hall–Kier alpha value is -8.21. The van der Waals surface area contributed by atoms with Gasteiger partial charge in [0, 0.05) is 67.7 Å². The number of pyridine rings is 1. The van der Waals surface area contributed by atoms with Crippen LogP contribution in [-0.2, 0) is 30.9 Å². The molecular weight excluding hydrogens is 1110 g/mol. The smallest absolute Gasteiger partial charge is 0.165 e. The molecule has 0 saturated heterocycles. The molecule has 9 aromatic carbocycles. The number of benzene rings is 9. The fraction of sp³-hybridized carbons (Fsp3) is 0.139. The van der Waals surface area contributed by atoms with Gasteiger partial charge in [-0.1, -0.05) is 205 Å². The molecule has 11 aromatic rings. The Bertz CT molecular complexity index is 4320. The van der Waals surface area contributed by atoms with E-state index in [0.29, 0.717) is 28.3 Å². The Labute approximate surface area is 492 Å². The van der Waals surface area contributed by atoms with E-state index in [1.54, 1.807) is 6.92 Å². The van der Waals surface area contributed by atoms with Crippen molar-refractivity contribution >= 4 is 0 Å². The normalized spacial score (nSPS) is 18.3. The predicted molar refractivity (Wildman–Crippen MR) is 315 cm³/mol. The summed E-state index contributed by atoms with van der Waals surface area (Å²) < 4.78 is 161. The van der Waals surface area contributed by atoms with Crippen LogP contribution in [0.2, 0.25) is 0 Å². The van der Waals surface area contributed by atoms with Gasteiger partial charge in [-0.3, -0.25) is 0 Å². The number of nitrogens with zero attached hydrogens (tertiary/aromatic N) is 4. The van der Waals surface area contributed by atoms with Gasteiger partial charge in [-0.25, -0.2) is 15.0 Å². The van der Waals surface area contributed by atoms with Crippen molar-refractivity contribution in [2.24, 2.45) is 5.41 Å². The second-order valence-electron chi connectivity index (χ2n) is 19.3. The van der Waals surface area contributed by atoms with Gasteiger partial charge in [0.2, 0.25) is 0 Å². The summed E-state index contributed by atoms with van der Waals surface area (Å²) in [5.74, 6) is 0.726. The molecule has 0 bridgehead atoms. The first kappa shape index (κ1) is 33.7. The summed E-state index contributed by atoms with van der Waals surface area (Å²) in [6.45, 7) is -24.0. The van der Waals surface area contributed by atoms with E-state index < -0.39 is 68.5 Å². The third kappa shape index (κ3) is 9.49. The van der Waals surface area contributed by atoms with E-state index in [4.69, 9.17) is 44.6 Å². The zero-order chi connectivity index (χ0) is 67.2. The topological polar surface area (TPSA) is 51.6 Å². The molecule has 12 rings (SSSR count). The third-order valence-electron chi connectivity index (χ3n) is 14.3. The maximum atomic E-state index is 8.99. The van der Waals surface area contributed by atoms with Gasteiger partial charge in [-0.2, -0.15) is 0 Å². The number of fused-ring (bicyclic) bond motifs is 1. The van der Waals surface area contributed by atoms with Crippen LogP contribution >= 0.6 is 0 Å². The van der Waals surface area contributed by atoms with Gasteiger partial charge in [-0.05, 0) is 150 Å². The number of hydrogen-bond acceptors (Lipinski definition) is 4. The van der Waals surface area contributed by atoms with Crippen molar-refractivity contribution in [1.82, 2.24) is 19.9 Å². The van der Waals surface area contributed by atoms with E-state index in [9.17, 15) is 0 Å². The molecule has 1 radical (unpaired) electrons. The minimum Gasteiger partial charge on any atom is -0.304 e. The van der Waals surface area contributed by atoms with Crippen LogP contribution in [0, 0.1) is 18.4 Å². The van der Waals surface area contributed by atoms with Crippen molar-refractivity contribution in [3.63, 3.8) is 0 Å². The van der Waals surface area contributed by atoms with Crippen molar-refractivity contribution in [2.75, 3.05) is 0 Å². The molecule has 1 aliphatic carbocycles. The van der Waals surface area contributed by atoms with Gasteiger partial charge in [-0.15, -0.1) is 34.9 Å². The van der Waals surface area contributed by atoms with Gasteiger partial charge in [0.05, 0.1) is 0 Å². The molecule has 77 heavy (non-hydrogen) atoms. The minimum absolute atomic E-state index is 0. The summed E-state index contributed by atoms with van der Waals surface area (Å²) in [5.41, 5.74) is -1.72. The van der Waals surface area contributed by atoms with Crippen molar-refractivity contribution in [2.45, 2.75) is 58.9 Å². The maximum absolute atomic E-state index is 8.99. The van der Waals surface area contributed by atoms with Gasteiger partial charge in [0.25, 0.3) is 0 Å². The summed E-state index contributed by atoms with van der Waals surface area (Å²) in [7, 11) is 0. The molecule has 1 aliphatic rings. The van der Waals surface area contributed by atoms with Gasteiger partial charge in [0.15, 0.2) is 17.5 Å². The summed E-state index contributed by atoms with van der Waals surface area (Å²) in [6, 6.07) is 74.8. The van der Waals surface area contributed by atoms with Crippen LogP contribution in [0.25, 0.3) is 112 Å². The maximum Gasteiger partial charge on any atom is 0.165 e. The zero-order valence-corrected chi connectivity index (χ0v) is 44.0. The Morgan fingerprint density at radius 1 is 0.364 bits per heavy atom. The molecule has 0 unspecified atom stereocenters. The Morgan fingerprint density at radius 2 is 0.727 bits per heavy atom. The molecule has 0 N–H and O–H groups in total. The SMILES string of the molecule is [2H]C([2H])([2H])C1(C([2H])([2H])[2H])c2c[c-]c(-c3cc(C)c(-c4nc(-c5cccc(-c6cc(-c7ccccc7)cc(-c7ccccc7)c6)c5)nc(-c5cccc(-c6cc(-c7ccccc7)cc(-c7ccccc7)c6)c5)n4)cn3)cc2C(C([2H])([2H])[2H])(C([2H])([2H])[2H])C1(C([2H])([2H])[2H])C([2H])([2H])[2H].[Ir]. The van der Waals surface area contributed by atoms with Crippen LogP contribution in [0.3, 0.4) is 0 Å². The molecule has 4 nitrogen and oxygen atoms in total. The average molecular weight is 1190 g/mol. The van der Waals surface area contributed by atoms with E-state index in [1.807, 2.05) is 121 Å². The zero-order valence-electron chi connectivity index (χ0n) is 59.6. The van der Waals surface area contributed by atoms with Crippen molar-refractivity contribution < 1.29 is 44.8 Å². The Kier molecular flexibility index (Phi) is 8.93. The largest absolute Gasteiger partial charge is 0.304 e. The van der Waals surface area contributed by atoms with Gasteiger partial charge >= 0.3 is 0 Å². The Morgan fingerprint density at radius 3 is 1.13 bits per heavy atom. The average Bonchev–Trinajstić information content (AvgIpc) is 1.46. The van der Waals surface area contributed by atoms with Gasteiger partial charge in [0.1, 0.15) is 0 Å². The molecule has 2 aromatic heterocycles. The molecule has 0 aliphatic heterocycles. The number of hydrogen-bond donors (Lipinski definition) is 0. The van der Waals surface area contributed by atoms with E-state index in [-0.39, 0.29) is 48.8 Å². The quantitative estimate of drug-likeness (QED) is 0.128. The second kappa shape index (κ2) is 20.4. The summed E-state index contributed by atoms with van der Waals surface area (Å²) in [6.07, 6.45) is 1.41. The molecule has 0 fully saturated rings. The first-order valence-electron chi connectivity index (χ1n) is 33.8. The third-order valence-corrected chi connectivity index (χ3v) is 14.3. The Balaban J connectivity index is 0.00000919. The number of aromatic nitrogens is 4. The van der Waals surface area contributed by atoms with Crippen molar-refractivity contribution in [1.29, 1.82) is 0 Å². The fourth-order valence-corrected chi connectivity index (χ4v) is 10.1. The molecule has 2 heterocycles. The molecule has 5 heteroatoms. The van der Waals surface area contributed by atoms with Crippen LogP contribution < -0.4 is 0 Å². The van der Waals surface area contributed by atoms with E-state index in [0.717, 1.165) is 72.8 Å². The van der Waals surface area contributed by atoms with E-state index in [2.05, 4.69) is 91.0 Å². The minimum atomic E-state index is -4.56. The van der Waals surface area contributed by atoms with Crippen LogP contribution in [0.5, 0.6) is 0 Å². The number of rotatable bonds is 10. The van der Waals surface area contributed by atoms with E-state index >= 15 is 0 Å². The summed E-state index contributed by atoms with van der Waals surface area (Å²) >= 11 is 0. The first-order valence-corrected chi connectivity index (χ1v) is 24.8. The van der Waals surface area contributed by atoms with Crippen molar-refractivity contribution in [3.8, 4) is 112 Å². The molecule has 0 atom stereocenters. The molecular formula is C72H59IrN4-. The fourth-order valence-electron chi connectivity index (χ4n) is 10.1.